The molecule has 0 heterocycles. The SMILES string of the molecule is CON(C)C(=O)CC(NS(=O)(=O)c1ccc([N+](=O)[O-])cc1OCc1ccccc1)C(=O)OC(C)(C)C. The molecule has 1 N–H and O–H groups in total. The number of nitrogens with zero attached hydrogens (tertiary/aromatic N) is 2. The van der Waals surface area contributed by atoms with Gasteiger partial charge in [-0.2, -0.15) is 4.72 Å². The molecule has 36 heavy (non-hydrogen) atoms. The summed E-state index contributed by atoms with van der Waals surface area (Å²) in [5.74, 6) is -1.98. The van der Waals surface area contributed by atoms with E-state index in [1.54, 1.807) is 51.1 Å². The van der Waals surface area contributed by atoms with Crippen LogP contribution in [0.15, 0.2) is 53.4 Å². The van der Waals surface area contributed by atoms with E-state index in [-0.39, 0.29) is 12.4 Å². The summed E-state index contributed by atoms with van der Waals surface area (Å²) in [5.41, 5.74) is -0.661. The predicted octanol–water partition coefficient (Wildman–Crippen LogP) is 2.57. The Morgan fingerprint density at radius 1 is 1.14 bits per heavy atom. The first-order valence-corrected chi connectivity index (χ1v) is 12.2. The molecule has 0 bridgehead atoms. The van der Waals surface area contributed by atoms with Crippen molar-refractivity contribution in [2.24, 2.45) is 0 Å². The number of sulfonamides is 1. The summed E-state index contributed by atoms with van der Waals surface area (Å²) in [6, 6.07) is 10.1. The summed E-state index contributed by atoms with van der Waals surface area (Å²) in [6.45, 7) is 4.69. The molecule has 2 aromatic rings. The maximum absolute atomic E-state index is 13.3. The van der Waals surface area contributed by atoms with E-state index in [0.717, 1.165) is 23.3 Å². The minimum atomic E-state index is -4.53. The molecular formula is C23H29N3O9S. The van der Waals surface area contributed by atoms with E-state index in [2.05, 4.69) is 4.72 Å². The highest BCUT2D eigenvalue weighted by atomic mass is 32.2. The van der Waals surface area contributed by atoms with Gasteiger partial charge in [0.25, 0.3) is 5.69 Å². The van der Waals surface area contributed by atoms with Gasteiger partial charge in [0.2, 0.25) is 15.9 Å². The third-order valence-electron chi connectivity index (χ3n) is 4.66. The maximum Gasteiger partial charge on any atom is 0.325 e. The van der Waals surface area contributed by atoms with Crippen molar-refractivity contribution in [2.75, 3.05) is 14.2 Å². The molecule has 0 aromatic heterocycles. The molecular weight excluding hydrogens is 494 g/mol. The minimum absolute atomic E-state index is 0.0723. The fourth-order valence-corrected chi connectivity index (χ4v) is 4.19. The zero-order chi connectivity index (χ0) is 27.1. The van der Waals surface area contributed by atoms with Crippen molar-refractivity contribution in [3.63, 3.8) is 0 Å². The second kappa shape index (κ2) is 11.9. The number of amides is 1. The summed E-state index contributed by atoms with van der Waals surface area (Å²) in [6.07, 6.45) is -0.605. The average Bonchev–Trinajstić information content (AvgIpc) is 2.80. The monoisotopic (exact) mass is 523 g/mol. The van der Waals surface area contributed by atoms with Crippen LogP contribution in [0.2, 0.25) is 0 Å². The molecule has 0 aliphatic carbocycles. The number of hydroxylamine groups is 2. The van der Waals surface area contributed by atoms with Gasteiger partial charge in [0.1, 0.15) is 28.9 Å². The van der Waals surface area contributed by atoms with Gasteiger partial charge < -0.3 is 9.47 Å². The van der Waals surface area contributed by atoms with Gasteiger partial charge in [-0.05, 0) is 32.4 Å². The highest BCUT2D eigenvalue weighted by Crippen LogP contribution is 2.30. The number of ether oxygens (including phenoxy) is 2. The lowest BCUT2D eigenvalue weighted by molar-refractivity contribution is -0.385. The van der Waals surface area contributed by atoms with Crippen LogP contribution in [0.25, 0.3) is 0 Å². The molecule has 12 nitrogen and oxygen atoms in total. The number of hydrogen-bond donors (Lipinski definition) is 1. The minimum Gasteiger partial charge on any atom is -0.487 e. The van der Waals surface area contributed by atoms with E-state index in [4.69, 9.17) is 14.3 Å². The molecule has 0 fully saturated rings. The van der Waals surface area contributed by atoms with Gasteiger partial charge in [0.15, 0.2) is 0 Å². The van der Waals surface area contributed by atoms with Crippen molar-refractivity contribution in [3.8, 4) is 5.75 Å². The third kappa shape index (κ3) is 8.29. The Morgan fingerprint density at radius 3 is 2.33 bits per heavy atom. The molecule has 2 rings (SSSR count). The second-order valence-electron chi connectivity index (χ2n) is 8.65. The van der Waals surface area contributed by atoms with E-state index in [9.17, 15) is 28.1 Å². The smallest absolute Gasteiger partial charge is 0.325 e. The van der Waals surface area contributed by atoms with Crippen molar-refractivity contribution in [3.05, 3.63) is 64.2 Å². The summed E-state index contributed by atoms with van der Waals surface area (Å²) < 4.78 is 39.7. The molecule has 0 saturated carbocycles. The number of non-ortho nitro benzene ring substituents is 1. The Bertz CT molecular complexity index is 1200. The zero-order valence-corrected chi connectivity index (χ0v) is 21.4. The molecule has 196 valence electrons. The van der Waals surface area contributed by atoms with Crippen LogP contribution in [0, 0.1) is 10.1 Å². The topological polar surface area (TPSA) is 154 Å². The number of rotatable bonds is 11. The molecule has 1 unspecified atom stereocenters. The number of nitro benzene ring substituents is 1. The van der Waals surface area contributed by atoms with Crippen molar-refractivity contribution in [1.29, 1.82) is 0 Å². The number of esters is 1. The van der Waals surface area contributed by atoms with Crippen LogP contribution in [0.1, 0.15) is 32.8 Å². The average molecular weight is 524 g/mol. The number of carbonyl (C=O) groups excluding carboxylic acids is 2. The molecule has 13 heteroatoms. The number of nitro groups is 1. The van der Waals surface area contributed by atoms with Crippen LogP contribution in [-0.2, 0) is 35.8 Å². The lowest BCUT2D eigenvalue weighted by Gasteiger charge is -2.25. The van der Waals surface area contributed by atoms with Crippen LogP contribution >= 0.6 is 0 Å². The zero-order valence-electron chi connectivity index (χ0n) is 20.6. The Labute approximate surface area is 209 Å². The van der Waals surface area contributed by atoms with Crippen LogP contribution in [0.3, 0.4) is 0 Å². The largest absolute Gasteiger partial charge is 0.487 e. The van der Waals surface area contributed by atoms with Crippen LogP contribution < -0.4 is 9.46 Å². The first-order valence-electron chi connectivity index (χ1n) is 10.7. The summed E-state index contributed by atoms with van der Waals surface area (Å²) in [4.78, 5) is 40.1. The van der Waals surface area contributed by atoms with E-state index in [0.29, 0.717) is 5.56 Å². The Balaban J connectivity index is 2.43. The molecule has 2 aromatic carbocycles. The number of nitrogens with one attached hydrogen (secondary N) is 1. The predicted molar refractivity (Wildman–Crippen MR) is 128 cm³/mol. The Hall–Kier alpha value is -3.55. The van der Waals surface area contributed by atoms with E-state index >= 15 is 0 Å². The molecule has 0 aliphatic heterocycles. The van der Waals surface area contributed by atoms with Gasteiger partial charge in [0.05, 0.1) is 24.5 Å². The van der Waals surface area contributed by atoms with Crippen LogP contribution in [-0.4, -0.2) is 56.1 Å². The van der Waals surface area contributed by atoms with Gasteiger partial charge in [-0.25, -0.2) is 13.5 Å². The molecule has 1 amide bonds. The lowest BCUT2D eigenvalue weighted by Crippen LogP contribution is -2.46. The molecule has 0 saturated heterocycles. The van der Waals surface area contributed by atoms with Crippen LogP contribution in [0.4, 0.5) is 5.69 Å². The van der Waals surface area contributed by atoms with Crippen molar-refractivity contribution >= 4 is 27.6 Å². The van der Waals surface area contributed by atoms with Crippen molar-refractivity contribution < 1.29 is 37.2 Å². The third-order valence-corrected chi connectivity index (χ3v) is 6.17. The summed E-state index contributed by atoms with van der Waals surface area (Å²) in [7, 11) is -1.99. The van der Waals surface area contributed by atoms with E-state index in [1.807, 2.05) is 0 Å². The fourth-order valence-electron chi connectivity index (χ4n) is 2.88. The van der Waals surface area contributed by atoms with Crippen molar-refractivity contribution in [1.82, 2.24) is 9.79 Å². The Kier molecular flexibility index (Phi) is 9.50. The van der Waals surface area contributed by atoms with Crippen LogP contribution in [0.5, 0.6) is 5.75 Å². The van der Waals surface area contributed by atoms with Gasteiger partial charge >= 0.3 is 5.97 Å². The van der Waals surface area contributed by atoms with Gasteiger partial charge in [-0.15, -0.1) is 0 Å². The quantitative estimate of drug-likeness (QED) is 0.266. The fraction of sp³-hybridized carbons (Fsp3) is 0.391. The Morgan fingerprint density at radius 2 is 1.78 bits per heavy atom. The highest BCUT2D eigenvalue weighted by Gasteiger charge is 2.34. The molecule has 0 spiro atoms. The number of hydrogen-bond acceptors (Lipinski definition) is 9. The summed E-state index contributed by atoms with van der Waals surface area (Å²) in [5, 5.41) is 12.1. The first kappa shape index (κ1) is 28.7. The highest BCUT2D eigenvalue weighted by molar-refractivity contribution is 7.89. The van der Waals surface area contributed by atoms with Crippen molar-refractivity contribution in [2.45, 2.75) is 50.3 Å². The maximum atomic E-state index is 13.3. The van der Waals surface area contributed by atoms with Gasteiger partial charge in [-0.3, -0.25) is 24.5 Å². The lowest BCUT2D eigenvalue weighted by atomic mass is 10.1. The normalized spacial score (nSPS) is 12.5. The molecule has 0 aliphatic rings. The number of carbonyl (C=O) groups is 2. The standard InChI is InChI=1S/C23H29N3O9S/c1-23(2,3)35-22(28)18(14-21(27)25(4)33-5)24-36(31,32)20-12-11-17(26(29)30)13-19(20)34-15-16-9-7-6-8-10-16/h6-13,18,24H,14-15H2,1-5H3. The van der Waals surface area contributed by atoms with E-state index in [1.165, 1.54) is 14.2 Å². The molecule has 0 radical (unpaired) electrons. The second-order valence-corrected chi connectivity index (χ2v) is 10.3. The number of benzene rings is 2. The molecule has 1 atom stereocenters. The van der Waals surface area contributed by atoms with E-state index < -0.39 is 55.5 Å². The summed E-state index contributed by atoms with van der Waals surface area (Å²) >= 11 is 0. The van der Waals surface area contributed by atoms with Gasteiger partial charge in [0, 0.05) is 13.1 Å². The van der Waals surface area contributed by atoms with Gasteiger partial charge in [-0.1, -0.05) is 30.3 Å². The first-order chi connectivity index (χ1) is 16.7.